The highest BCUT2D eigenvalue weighted by atomic mass is 16.1. The van der Waals surface area contributed by atoms with E-state index < -0.39 is 0 Å². The van der Waals surface area contributed by atoms with Crippen LogP contribution < -0.4 is 5.56 Å². The Balaban J connectivity index is 3.46. The summed E-state index contributed by atoms with van der Waals surface area (Å²) in [7, 11) is 1.71. The van der Waals surface area contributed by atoms with Crippen LogP contribution in [0.2, 0.25) is 0 Å². The smallest absolute Gasteiger partial charge is 0.253 e. The highest BCUT2D eigenvalue weighted by molar-refractivity contribution is 5.00. The van der Waals surface area contributed by atoms with Gasteiger partial charge in [0, 0.05) is 18.8 Å². The van der Waals surface area contributed by atoms with Crippen LogP contribution in [0.5, 0.6) is 0 Å². The molecule has 0 aromatic carbocycles. The standard InChI is InChI=1S/C7H10N2O/c1-5-4-7(10)9(3)6(2)8-5/h4H,1-3H3. The molecule has 0 bridgehead atoms. The molecule has 0 fully saturated rings. The van der Waals surface area contributed by atoms with Gasteiger partial charge in [0.05, 0.1) is 0 Å². The SMILES string of the molecule is Cc1cc(=O)n(C)c(C)n1. The number of aromatic nitrogens is 2. The summed E-state index contributed by atoms with van der Waals surface area (Å²) in [4.78, 5) is 15.1. The van der Waals surface area contributed by atoms with E-state index in [0.29, 0.717) is 0 Å². The Kier molecular flexibility index (Phi) is 1.57. The van der Waals surface area contributed by atoms with Gasteiger partial charge in [0.2, 0.25) is 0 Å². The summed E-state index contributed by atoms with van der Waals surface area (Å²) in [6.45, 7) is 3.63. The topological polar surface area (TPSA) is 34.9 Å². The second-order valence-corrected chi connectivity index (χ2v) is 2.34. The van der Waals surface area contributed by atoms with Crippen molar-refractivity contribution < 1.29 is 0 Å². The van der Waals surface area contributed by atoms with Crippen molar-refractivity contribution in [1.82, 2.24) is 9.55 Å². The van der Waals surface area contributed by atoms with Crippen LogP contribution in [0.15, 0.2) is 10.9 Å². The molecule has 0 radical (unpaired) electrons. The Morgan fingerprint density at radius 3 is 2.60 bits per heavy atom. The van der Waals surface area contributed by atoms with Gasteiger partial charge in [0.15, 0.2) is 0 Å². The van der Waals surface area contributed by atoms with Crippen LogP contribution in [0.3, 0.4) is 0 Å². The zero-order valence-electron chi connectivity index (χ0n) is 6.38. The molecule has 0 spiro atoms. The molecule has 0 amide bonds. The minimum atomic E-state index is 0.00463. The lowest BCUT2D eigenvalue weighted by atomic mass is 10.4. The van der Waals surface area contributed by atoms with Crippen molar-refractivity contribution in [1.29, 1.82) is 0 Å². The molecule has 1 heterocycles. The van der Waals surface area contributed by atoms with Crippen LogP contribution in [0.1, 0.15) is 11.5 Å². The Bertz CT molecular complexity index is 301. The van der Waals surface area contributed by atoms with E-state index in [2.05, 4.69) is 4.98 Å². The molecule has 0 saturated heterocycles. The molecular formula is C7H10N2O. The van der Waals surface area contributed by atoms with Gasteiger partial charge in [-0.1, -0.05) is 0 Å². The van der Waals surface area contributed by atoms with Crippen molar-refractivity contribution in [2.75, 3.05) is 0 Å². The summed E-state index contributed by atoms with van der Waals surface area (Å²) in [6.07, 6.45) is 0. The van der Waals surface area contributed by atoms with Crippen LogP contribution in [0.25, 0.3) is 0 Å². The van der Waals surface area contributed by atoms with E-state index in [4.69, 9.17) is 0 Å². The highest BCUT2D eigenvalue weighted by Crippen LogP contribution is 1.88. The lowest BCUT2D eigenvalue weighted by molar-refractivity contribution is 0.765. The van der Waals surface area contributed by atoms with Gasteiger partial charge in [-0.15, -0.1) is 0 Å². The van der Waals surface area contributed by atoms with E-state index in [0.717, 1.165) is 11.5 Å². The van der Waals surface area contributed by atoms with E-state index in [1.165, 1.54) is 10.6 Å². The Labute approximate surface area is 59.3 Å². The van der Waals surface area contributed by atoms with Crippen molar-refractivity contribution in [3.05, 3.63) is 27.9 Å². The maximum absolute atomic E-state index is 11.0. The zero-order chi connectivity index (χ0) is 7.72. The first-order chi connectivity index (χ1) is 4.61. The van der Waals surface area contributed by atoms with Crippen LogP contribution in [-0.4, -0.2) is 9.55 Å². The second kappa shape index (κ2) is 2.25. The summed E-state index contributed by atoms with van der Waals surface area (Å²) >= 11 is 0. The van der Waals surface area contributed by atoms with Gasteiger partial charge in [-0.2, -0.15) is 0 Å². The molecule has 3 nitrogen and oxygen atoms in total. The first kappa shape index (κ1) is 6.99. The van der Waals surface area contributed by atoms with Gasteiger partial charge in [-0.3, -0.25) is 4.79 Å². The minimum absolute atomic E-state index is 0.00463. The number of aryl methyl sites for hydroxylation is 2. The molecule has 1 rings (SSSR count). The maximum Gasteiger partial charge on any atom is 0.253 e. The molecule has 0 saturated carbocycles. The third kappa shape index (κ3) is 1.07. The van der Waals surface area contributed by atoms with Gasteiger partial charge < -0.3 is 4.57 Å². The summed E-state index contributed by atoms with van der Waals surface area (Å²) in [5, 5.41) is 0. The van der Waals surface area contributed by atoms with E-state index in [-0.39, 0.29) is 5.56 Å². The lowest BCUT2D eigenvalue weighted by Crippen LogP contribution is -2.19. The number of hydrogen-bond acceptors (Lipinski definition) is 2. The van der Waals surface area contributed by atoms with E-state index in [1.807, 2.05) is 13.8 Å². The summed E-state index contributed by atoms with van der Waals surface area (Å²) in [6, 6.07) is 1.52. The molecule has 0 unspecified atom stereocenters. The molecule has 1 aromatic heterocycles. The molecule has 1 aromatic rings. The molecule has 0 aliphatic carbocycles. The maximum atomic E-state index is 11.0. The first-order valence-corrected chi connectivity index (χ1v) is 3.12. The molecule has 0 aliphatic rings. The molecule has 0 N–H and O–H groups in total. The molecule has 54 valence electrons. The van der Waals surface area contributed by atoms with Crippen molar-refractivity contribution >= 4 is 0 Å². The average Bonchev–Trinajstić information content (AvgIpc) is 1.82. The predicted octanol–water partition coefficient (Wildman–Crippen LogP) is 0.397. The van der Waals surface area contributed by atoms with Crippen molar-refractivity contribution in [2.45, 2.75) is 13.8 Å². The average molecular weight is 138 g/mol. The van der Waals surface area contributed by atoms with Crippen LogP contribution in [0, 0.1) is 13.8 Å². The number of nitrogens with zero attached hydrogens (tertiary/aromatic N) is 2. The van der Waals surface area contributed by atoms with E-state index >= 15 is 0 Å². The second-order valence-electron chi connectivity index (χ2n) is 2.34. The van der Waals surface area contributed by atoms with Gasteiger partial charge in [0.1, 0.15) is 5.82 Å². The summed E-state index contributed by atoms with van der Waals surface area (Å²) in [5.41, 5.74) is 0.783. The monoisotopic (exact) mass is 138 g/mol. The van der Waals surface area contributed by atoms with E-state index in [9.17, 15) is 4.79 Å². The van der Waals surface area contributed by atoms with Crippen molar-refractivity contribution in [2.24, 2.45) is 7.05 Å². The van der Waals surface area contributed by atoms with Crippen LogP contribution in [0.4, 0.5) is 0 Å². The van der Waals surface area contributed by atoms with Gasteiger partial charge in [-0.25, -0.2) is 4.98 Å². The van der Waals surface area contributed by atoms with Gasteiger partial charge in [-0.05, 0) is 13.8 Å². The number of rotatable bonds is 0. The molecule has 3 heteroatoms. The lowest BCUT2D eigenvalue weighted by Gasteiger charge is -2.00. The number of hydrogen-bond donors (Lipinski definition) is 0. The first-order valence-electron chi connectivity index (χ1n) is 3.12. The minimum Gasteiger partial charge on any atom is -0.300 e. The van der Waals surface area contributed by atoms with Crippen LogP contribution >= 0.6 is 0 Å². The molecule has 10 heavy (non-hydrogen) atoms. The van der Waals surface area contributed by atoms with Gasteiger partial charge >= 0.3 is 0 Å². The van der Waals surface area contributed by atoms with Crippen molar-refractivity contribution in [3.8, 4) is 0 Å². The third-order valence-corrected chi connectivity index (χ3v) is 1.49. The van der Waals surface area contributed by atoms with Gasteiger partial charge in [0.25, 0.3) is 5.56 Å². The predicted molar refractivity (Wildman–Crippen MR) is 39.0 cm³/mol. The molecule has 0 atom stereocenters. The zero-order valence-corrected chi connectivity index (χ0v) is 6.38. The fraction of sp³-hybridized carbons (Fsp3) is 0.429. The third-order valence-electron chi connectivity index (χ3n) is 1.49. The Morgan fingerprint density at radius 2 is 2.10 bits per heavy atom. The Hall–Kier alpha value is -1.12. The summed E-state index contributed by atoms with van der Waals surface area (Å²) in [5.74, 6) is 0.755. The van der Waals surface area contributed by atoms with E-state index in [1.54, 1.807) is 7.05 Å². The quantitative estimate of drug-likeness (QED) is 0.520. The fourth-order valence-electron chi connectivity index (χ4n) is 0.797. The fourth-order valence-corrected chi connectivity index (χ4v) is 0.797. The molecular weight excluding hydrogens is 128 g/mol. The highest BCUT2D eigenvalue weighted by Gasteiger charge is 1.95. The molecule has 0 aliphatic heterocycles. The summed E-state index contributed by atoms with van der Waals surface area (Å²) < 4.78 is 1.52. The van der Waals surface area contributed by atoms with Crippen molar-refractivity contribution in [3.63, 3.8) is 0 Å². The Morgan fingerprint density at radius 1 is 1.50 bits per heavy atom. The normalized spacial score (nSPS) is 9.90. The largest absolute Gasteiger partial charge is 0.300 e. The van der Waals surface area contributed by atoms with Crippen LogP contribution in [-0.2, 0) is 7.05 Å².